The molecule has 0 N–H and O–H groups in total. The maximum atomic E-state index is 14.7. The van der Waals surface area contributed by atoms with Gasteiger partial charge in [-0.3, -0.25) is 0 Å². The van der Waals surface area contributed by atoms with E-state index in [-0.39, 0.29) is 136 Å². The molecule has 4 rings (SSSR count). The molecule has 0 radical (unpaired) electrons. The minimum atomic E-state index is -4.46. The van der Waals surface area contributed by atoms with Gasteiger partial charge in [0, 0.05) is 49.7 Å². The molecule has 0 bridgehead atoms. The number of hydrogen-bond donors (Lipinski definition) is 0. The molecular weight excluding hydrogens is 979 g/mol. The molecule has 2 aromatic rings. The molecule has 0 saturated carbocycles. The van der Waals surface area contributed by atoms with Gasteiger partial charge in [0.1, 0.15) is 13.1 Å². The summed E-state index contributed by atoms with van der Waals surface area (Å²) in [5.41, 5.74) is -3.90. The molecule has 14 nitrogen and oxygen atoms in total. The van der Waals surface area contributed by atoms with Crippen LogP contribution >= 0.6 is 0 Å². The first kappa shape index (κ1) is 60.9. The third-order valence-corrected chi connectivity index (χ3v) is 14.4. The van der Waals surface area contributed by atoms with Crippen molar-refractivity contribution in [1.82, 2.24) is 0 Å². The number of unbranched alkanes of at least 4 members (excludes halogenated alkanes) is 4. The van der Waals surface area contributed by atoms with E-state index < -0.39 is 143 Å². The molecular formula is C36H44F8N2Na2O12S4. The number of fused-ring (bicyclic) bond motifs is 2. The number of nitrogens with zero attached hydrogens (tertiary/aromatic N) is 2. The predicted octanol–water partition coefficient (Wildman–Crippen LogP) is -0.672. The molecule has 2 aromatic carbocycles. The molecule has 64 heavy (non-hydrogen) atoms. The van der Waals surface area contributed by atoms with E-state index in [0.29, 0.717) is 11.4 Å². The molecule has 0 spiro atoms. The zero-order valence-corrected chi connectivity index (χ0v) is 43.0. The summed E-state index contributed by atoms with van der Waals surface area (Å²) < 4.78 is 246. The molecule has 0 aliphatic carbocycles. The Labute approximate surface area is 411 Å². The van der Waals surface area contributed by atoms with Crippen LogP contribution in [0.2, 0.25) is 0 Å². The predicted molar refractivity (Wildman–Crippen MR) is 203 cm³/mol. The molecule has 2 aliphatic rings. The Bertz CT molecular complexity index is 2430. The van der Waals surface area contributed by atoms with Crippen LogP contribution < -0.4 is 59.1 Å². The van der Waals surface area contributed by atoms with Gasteiger partial charge >= 0.3 is 59.1 Å². The van der Waals surface area contributed by atoms with Gasteiger partial charge in [-0.25, -0.2) is 60.0 Å². The van der Waals surface area contributed by atoms with Gasteiger partial charge in [0.15, 0.2) is 34.7 Å². The number of hydrogen-bond acceptors (Lipinski definition) is 12. The average molecular weight is 1020 g/mol. The summed E-state index contributed by atoms with van der Waals surface area (Å²) in [5, 5.41) is 0. The third-order valence-electron chi connectivity index (χ3n) is 11.2. The second kappa shape index (κ2) is 23.4. The second-order valence-corrected chi connectivity index (χ2v) is 21.6. The molecule has 2 aliphatic heterocycles. The zero-order chi connectivity index (χ0) is 47.6. The van der Waals surface area contributed by atoms with Crippen molar-refractivity contribution in [3.05, 3.63) is 57.7 Å². The van der Waals surface area contributed by atoms with Gasteiger partial charge < -0.3 is 18.2 Å². The van der Waals surface area contributed by atoms with Crippen molar-refractivity contribution in [3.63, 3.8) is 0 Å². The van der Waals surface area contributed by atoms with E-state index in [2.05, 4.69) is 0 Å². The van der Waals surface area contributed by atoms with Gasteiger partial charge in [-0.15, -0.1) is 0 Å². The average Bonchev–Trinajstić information content (AvgIpc) is 3.50. The van der Waals surface area contributed by atoms with Gasteiger partial charge in [-0.05, 0) is 52.4 Å². The molecule has 2 unspecified atom stereocenters. The summed E-state index contributed by atoms with van der Waals surface area (Å²) in [6, 6.07) is 0. The maximum Gasteiger partial charge on any atom is 1.00 e. The fourth-order valence-corrected chi connectivity index (χ4v) is 10.1. The minimum Gasteiger partial charge on any atom is -0.748 e. The summed E-state index contributed by atoms with van der Waals surface area (Å²) in [6.07, 6.45) is 0.147. The second-order valence-electron chi connectivity index (χ2n) is 15.5. The first-order valence-electron chi connectivity index (χ1n) is 18.9. The largest absolute Gasteiger partial charge is 1.00 e. The van der Waals surface area contributed by atoms with E-state index >= 15 is 0 Å². The Morgan fingerprint density at radius 2 is 0.641 bits per heavy atom. The molecule has 0 amide bonds. The van der Waals surface area contributed by atoms with E-state index in [1.165, 1.54) is 36.8 Å². The Kier molecular flexibility index (Phi) is 22.3. The molecule has 0 aromatic heterocycles. The first-order valence-corrected chi connectivity index (χ1v) is 25.2. The first-order chi connectivity index (χ1) is 28.2. The Morgan fingerprint density at radius 3 is 0.891 bits per heavy atom. The normalized spacial score (nSPS) is 18.6. The summed E-state index contributed by atoms with van der Waals surface area (Å²) in [4.78, 5) is 0. The van der Waals surface area contributed by atoms with Crippen molar-refractivity contribution >= 4 is 63.3 Å². The van der Waals surface area contributed by atoms with Crippen LogP contribution in [0.5, 0.6) is 0 Å². The Hall–Kier alpha value is -1.14. The van der Waals surface area contributed by atoms with Crippen LogP contribution in [0.1, 0.15) is 103 Å². The fourth-order valence-electron chi connectivity index (χ4n) is 7.83. The number of halogens is 8. The van der Waals surface area contributed by atoms with Gasteiger partial charge in [0.25, 0.3) is 11.4 Å². The van der Waals surface area contributed by atoms with E-state index in [9.17, 15) is 87.0 Å². The minimum absolute atomic E-state index is 0. The van der Waals surface area contributed by atoms with Crippen LogP contribution in [0.25, 0.3) is 0 Å². The van der Waals surface area contributed by atoms with Crippen LogP contribution in [0.3, 0.4) is 0 Å². The van der Waals surface area contributed by atoms with Gasteiger partial charge in [0.05, 0.1) is 62.4 Å². The van der Waals surface area contributed by atoms with E-state index in [0.717, 1.165) is 0 Å². The maximum absolute atomic E-state index is 14.7. The van der Waals surface area contributed by atoms with Gasteiger partial charge in [-0.1, -0.05) is 12.8 Å². The zero-order valence-electron chi connectivity index (χ0n) is 35.8. The quantitative estimate of drug-likeness (QED) is 0.0306. The van der Waals surface area contributed by atoms with E-state index in [1.54, 1.807) is 0 Å². The van der Waals surface area contributed by atoms with Crippen LogP contribution in [0.15, 0.2) is 0 Å². The summed E-state index contributed by atoms with van der Waals surface area (Å²) >= 11 is 0. The third kappa shape index (κ3) is 14.9. The molecule has 28 heteroatoms. The van der Waals surface area contributed by atoms with E-state index in [4.69, 9.17) is 0 Å². The smallest absolute Gasteiger partial charge is 0.748 e. The van der Waals surface area contributed by atoms with Crippen molar-refractivity contribution in [2.45, 2.75) is 103 Å². The van der Waals surface area contributed by atoms with Crippen LogP contribution in [-0.2, 0) is 51.3 Å². The summed E-state index contributed by atoms with van der Waals surface area (Å²) in [7, 11) is -17.9. The summed E-state index contributed by atoms with van der Waals surface area (Å²) in [5.74, 6) is -16.9. The van der Waals surface area contributed by atoms with Crippen LogP contribution in [-0.4, -0.2) is 109 Å². The van der Waals surface area contributed by atoms with Crippen molar-refractivity contribution in [3.8, 4) is 0 Å². The van der Waals surface area contributed by atoms with Gasteiger partial charge in [-0.2, -0.15) is 17.9 Å². The van der Waals surface area contributed by atoms with Crippen LogP contribution in [0.4, 0.5) is 46.5 Å². The molecule has 0 saturated heterocycles. The summed E-state index contributed by atoms with van der Waals surface area (Å²) in [6.45, 7) is 5.75. The number of rotatable bonds is 20. The van der Waals surface area contributed by atoms with Crippen molar-refractivity contribution in [1.29, 1.82) is 0 Å². The van der Waals surface area contributed by atoms with E-state index in [1.807, 2.05) is 0 Å². The van der Waals surface area contributed by atoms with Crippen molar-refractivity contribution in [2.75, 3.05) is 36.1 Å². The molecule has 2 heterocycles. The monoisotopic (exact) mass is 1020 g/mol. The topological polar surface area (TPSA) is 235 Å². The molecule has 2 atom stereocenters. The standard InChI is InChI=1S/2C18H23F4NO6S2.2Na/c2*1-11-18(2,7-3-5-9-30(24,25)26)12-13(19)14(20)15(21)16(22)17(12)23(11)8-4-6-10-31(27,28)29;;/h2*3-10H2,1-2H3,(H-,24,25,26,27,28,29);;/q;;2*+1/p-2. The Morgan fingerprint density at radius 1 is 0.406 bits per heavy atom. The molecule has 0 fully saturated rings. The Balaban J connectivity index is 0.000000621. The van der Waals surface area contributed by atoms with Gasteiger partial charge in [0.2, 0.25) is 23.3 Å². The van der Waals surface area contributed by atoms with Crippen LogP contribution in [0, 0.1) is 46.5 Å². The fraction of sp³-hybridized carbons (Fsp3) is 0.611. The number of benzene rings is 2. The van der Waals surface area contributed by atoms with Crippen molar-refractivity contribution in [2.24, 2.45) is 0 Å². The SMILES string of the molecule is CC1=[N+](CCCCS(=O)(=O)[O-])c2c(F)c(F)c(F)c(F)c2C1(C)CCCCS(=O)(=O)[O-].CC1=[N+](CCCCS(=O)(=O)[O-])c2c(F)c(F)c(F)c(F)c2C1(C)CCCCS(=O)(=O)[O-].[Na+].[Na+]. The van der Waals surface area contributed by atoms with Crippen molar-refractivity contribution < 1.29 is 155 Å². The molecule has 352 valence electrons.